The number of hydrogen-bond donors (Lipinski definition) is 1. The highest BCUT2D eigenvalue weighted by Gasteiger charge is 1.97. The number of carbonyl (C=O) groups is 1. The van der Waals surface area contributed by atoms with E-state index in [0.29, 0.717) is 12.3 Å². The van der Waals surface area contributed by atoms with Crippen molar-refractivity contribution in [3.8, 4) is 0 Å². The molecule has 0 saturated carbocycles. The van der Waals surface area contributed by atoms with E-state index in [1.807, 2.05) is 6.26 Å². The maximum Gasteiger partial charge on any atom is 0.220 e. The first-order valence-electron chi connectivity index (χ1n) is 4.13. The first kappa shape index (κ1) is 12.1. The molecule has 0 fully saturated rings. The van der Waals surface area contributed by atoms with Crippen LogP contribution in [0.4, 0.5) is 0 Å². The van der Waals surface area contributed by atoms with E-state index in [-0.39, 0.29) is 5.91 Å². The average molecular weight is 210 g/mol. The summed E-state index contributed by atoms with van der Waals surface area (Å²) in [4.78, 5) is 11.0. The number of alkyl halides is 1. The number of thioether (sulfide) groups is 1. The van der Waals surface area contributed by atoms with E-state index < -0.39 is 0 Å². The van der Waals surface area contributed by atoms with Gasteiger partial charge in [0.1, 0.15) is 0 Å². The molecule has 0 unspecified atom stereocenters. The lowest BCUT2D eigenvalue weighted by molar-refractivity contribution is -0.120. The van der Waals surface area contributed by atoms with Crippen molar-refractivity contribution in [1.82, 2.24) is 5.32 Å². The summed E-state index contributed by atoms with van der Waals surface area (Å²) in [6.45, 7) is 0.764. The Bertz CT molecular complexity index is 122. The van der Waals surface area contributed by atoms with Crippen LogP contribution in [0.5, 0.6) is 0 Å². The predicted octanol–water partition coefficient (Wildman–Crippen LogP) is 1.87. The molecule has 72 valence electrons. The Morgan fingerprint density at radius 3 is 2.83 bits per heavy atom. The molecule has 1 amide bonds. The van der Waals surface area contributed by atoms with Gasteiger partial charge in [-0.05, 0) is 19.1 Å². The van der Waals surface area contributed by atoms with Crippen molar-refractivity contribution in [1.29, 1.82) is 0 Å². The molecular formula is C8H16ClNOS. The number of unbranched alkanes of at least 4 members (excludes halogenated alkanes) is 1. The lowest BCUT2D eigenvalue weighted by atomic mass is 10.3. The van der Waals surface area contributed by atoms with Gasteiger partial charge in [0.25, 0.3) is 0 Å². The number of amides is 1. The standard InChI is InChI=1S/C8H16ClNOS/c1-12-7-4-8(11)10-6-3-2-5-9/h2-7H2,1H3,(H,10,11). The van der Waals surface area contributed by atoms with Crippen molar-refractivity contribution in [3.05, 3.63) is 0 Å². The van der Waals surface area contributed by atoms with Crippen molar-refractivity contribution < 1.29 is 4.79 Å². The smallest absolute Gasteiger partial charge is 0.220 e. The fraction of sp³-hybridized carbons (Fsp3) is 0.875. The zero-order valence-corrected chi connectivity index (χ0v) is 9.01. The lowest BCUT2D eigenvalue weighted by Crippen LogP contribution is -2.24. The molecule has 2 nitrogen and oxygen atoms in total. The molecule has 0 atom stereocenters. The molecule has 0 aliphatic heterocycles. The summed E-state index contributed by atoms with van der Waals surface area (Å²) in [6, 6.07) is 0. The monoisotopic (exact) mass is 209 g/mol. The normalized spacial score (nSPS) is 9.83. The Kier molecular flexibility index (Phi) is 9.28. The minimum atomic E-state index is 0.152. The largest absolute Gasteiger partial charge is 0.356 e. The van der Waals surface area contributed by atoms with Crippen LogP contribution in [0.15, 0.2) is 0 Å². The van der Waals surface area contributed by atoms with Gasteiger partial charge in [0.05, 0.1) is 0 Å². The van der Waals surface area contributed by atoms with Gasteiger partial charge < -0.3 is 5.32 Å². The third-order valence-corrected chi connectivity index (χ3v) is 2.30. The summed E-state index contributed by atoms with van der Waals surface area (Å²) < 4.78 is 0. The molecule has 12 heavy (non-hydrogen) atoms. The molecular weight excluding hydrogens is 194 g/mol. The summed E-state index contributed by atoms with van der Waals surface area (Å²) in [6.07, 6.45) is 4.59. The van der Waals surface area contributed by atoms with Crippen molar-refractivity contribution in [3.63, 3.8) is 0 Å². The molecule has 0 radical (unpaired) electrons. The number of nitrogens with one attached hydrogen (secondary N) is 1. The molecule has 0 saturated heterocycles. The molecule has 4 heteroatoms. The van der Waals surface area contributed by atoms with Crippen LogP contribution in [0.3, 0.4) is 0 Å². The molecule has 0 spiro atoms. The van der Waals surface area contributed by atoms with E-state index >= 15 is 0 Å². The number of hydrogen-bond acceptors (Lipinski definition) is 2. The Labute approximate surface area is 83.4 Å². The van der Waals surface area contributed by atoms with Crippen LogP contribution in [0.1, 0.15) is 19.3 Å². The summed E-state index contributed by atoms with van der Waals surface area (Å²) in [7, 11) is 0. The first-order valence-corrected chi connectivity index (χ1v) is 6.05. The van der Waals surface area contributed by atoms with Gasteiger partial charge in [0.15, 0.2) is 0 Å². The van der Waals surface area contributed by atoms with E-state index in [2.05, 4.69) is 5.32 Å². The van der Waals surface area contributed by atoms with Crippen LogP contribution in [0.2, 0.25) is 0 Å². The van der Waals surface area contributed by atoms with Gasteiger partial charge in [-0.15, -0.1) is 11.6 Å². The van der Waals surface area contributed by atoms with Crippen molar-refractivity contribution >= 4 is 29.3 Å². The summed E-state index contributed by atoms with van der Waals surface area (Å²) >= 11 is 7.18. The fourth-order valence-corrected chi connectivity index (χ4v) is 1.31. The molecule has 0 aromatic carbocycles. The molecule has 0 aliphatic carbocycles. The molecule has 0 aromatic heterocycles. The van der Waals surface area contributed by atoms with Crippen LogP contribution >= 0.6 is 23.4 Å². The molecule has 0 heterocycles. The Morgan fingerprint density at radius 2 is 2.25 bits per heavy atom. The Hall–Kier alpha value is 0.110. The zero-order valence-electron chi connectivity index (χ0n) is 7.44. The van der Waals surface area contributed by atoms with E-state index in [9.17, 15) is 4.79 Å². The van der Waals surface area contributed by atoms with Crippen LogP contribution in [0.25, 0.3) is 0 Å². The van der Waals surface area contributed by atoms with Crippen LogP contribution in [-0.2, 0) is 4.79 Å². The van der Waals surface area contributed by atoms with Gasteiger partial charge in [-0.1, -0.05) is 0 Å². The van der Waals surface area contributed by atoms with E-state index in [4.69, 9.17) is 11.6 Å². The predicted molar refractivity (Wildman–Crippen MR) is 56.0 cm³/mol. The maximum absolute atomic E-state index is 11.0. The SMILES string of the molecule is CSCCC(=O)NCCCCCl. The van der Waals surface area contributed by atoms with Crippen molar-refractivity contribution in [2.24, 2.45) is 0 Å². The number of halogens is 1. The lowest BCUT2D eigenvalue weighted by Gasteiger charge is -2.02. The minimum Gasteiger partial charge on any atom is -0.356 e. The zero-order chi connectivity index (χ0) is 9.23. The molecule has 0 aromatic rings. The second-order valence-corrected chi connectivity index (χ2v) is 3.85. The molecule has 1 N–H and O–H groups in total. The molecule has 0 bridgehead atoms. The van der Waals surface area contributed by atoms with Crippen LogP contribution in [0, 0.1) is 0 Å². The molecule has 0 aliphatic rings. The van der Waals surface area contributed by atoms with Crippen molar-refractivity contribution in [2.75, 3.05) is 24.4 Å². The topological polar surface area (TPSA) is 29.1 Å². The summed E-state index contributed by atoms with van der Waals surface area (Å²) in [5.41, 5.74) is 0. The Morgan fingerprint density at radius 1 is 1.50 bits per heavy atom. The van der Waals surface area contributed by atoms with Crippen molar-refractivity contribution in [2.45, 2.75) is 19.3 Å². The number of rotatable bonds is 7. The average Bonchev–Trinajstić information content (AvgIpc) is 2.09. The van der Waals surface area contributed by atoms with Gasteiger partial charge in [-0.3, -0.25) is 4.79 Å². The van der Waals surface area contributed by atoms with Gasteiger partial charge in [0, 0.05) is 24.6 Å². The van der Waals surface area contributed by atoms with Gasteiger partial charge >= 0.3 is 0 Å². The fourth-order valence-electron chi connectivity index (χ4n) is 0.730. The summed E-state index contributed by atoms with van der Waals surface area (Å²) in [5, 5.41) is 2.84. The third-order valence-electron chi connectivity index (χ3n) is 1.42. The highest BCUT2D eigenvalue weighted by Crippen LogP contribution is 1.95. The Balaban J connectivity index is 3.08. The second-order valence-electron chi connectivity index (χ2n) is 2.49. The van der Waals surface area contributed by atoms with Gasteiger partial charge in [-0.25, -0.2) is 0 Å². The maximum atomic E-state index is 11.0. The summed E-state index contributed by atoms with van der Waals surface area (Å²) in [5.74, 6) is 1.74. The highest BCUT2D eigenvalue weighted by molar-refractivity contribution is 7.98. The number of carbonyl (C=O) groups excluding carboxylic acids is 1. The van der Waals surface area contributed by atoms with E-state index in [0.717, 1.165) is 25.1 Å². The second kappa shape index (κ2) is 9.20. The first-order chi connectivity index (χ1) is 5.81. The highest BCUT2D eigenvalue weighted by atomic mass is 35.5. The van der Waals surface area contributed by atoms with Crippen LogP contribution < -0.4 is 5.32 Å². The molecule has 0 rings (SSSR count). The van der Waals surface area contributed by atoms with Gasteiger partial charge in [0.2, 0.25) is 5.91 Å². The third kappa shape index (κ3) is 8.21. The minimum absolute atomic E-state index is 0.152. The van der Waals surface area contributed by atoms with Crippen LogP contribution in [-0.4, -0.2) is 30.3 Å². The van der Waals surface area contributed by atoms with Gasteiger partial charge in [-0.2, -0.15) is 11.8 Å². The van der Waals surface area contributed by atoms with E-state index in [1.54, 1.807) is 11.8 Å². The van der Waals surface area contributed by atoms with E-state index in [1.165, 1.54) is 0 Å². The quantitative estimate of drug-likeness (QED) is 0.513.